The minimum Gasteiger partial charge on any atom is -0.457 e. The van der Waals surface area contributed by atoms with Crippen molar-refractivity contribution in [3.05, 3.63) is 89.7 Å². The molecule has 3 rings (SSSR count). The van der Waals surface area contributed by atoms with Gasteiger partial charge in [0.15, 0.2) is 0 Å². The minimum absolute atomic E-state index is 0.296. The van der Waals surface area contributed by atoms with Crippen LogP contribution in [0.1, 0.15) is 15.9 Å². The summed E-state index contributed by atoms with van der Waals surface area (Å²) in [5.41, 5.74) is 1.73. The number of carbonyl (C=O) groups is 1. The van der Waals surface area contributed by atoms with Crippen molar-refractivity contribution >= 4 is 11.6 Å². The molecule has 3 aromatic rings. The van der Waals surface area contributed by atoms with Crippen LogP contribution in [0.5, 0.6) is 11.5 Å². The van der Waals surface area contributed by atoms with E-state index in [1.807, 2.05) is 37.3 Å². The molecule has 0 bridgehead atoms. The molecule has 3 nitrogen and oxygen atoms in total. The van der Waals surface area contributed by atoms with Crippen molar-refractivity contribution in [2.24, 2.45) is 0 Å². The zero-order valence-corrected chi connectivity index (χ0v) is 13.1. The second-order valence-corrected chi connectivity index (χ2v) is 5.35. The van der Waals surface area contributed by atoms with Crippen molar-refractivity contribution in [3.8, 4) is 11.5 Å². The van der Waals surface area contributed by atoms with E-state index in [-0.39, 0.29) is 11.7 Å². The molecule has 3 aromatic carbocycles. The van der Waals surface area contributed by atoms with Crippen LogP contribution in [-0.4, -0.2) is 5.91 Å². The second kappa shape index (κ2) is 6.96. The van der Waals surface area contributed by atoms with Crippen LogP contribution in [0, 0.1) is 12.7 Å². The lowest BCUT2D eigenvalue weighted by Crippen LogP contribution is -2.12. The quantitative estimate of drug-likeness (QED) is 0.719. The first kappa shape index (κ1) is 15.7. The Morgan fingerprint density at radius 2 is 1.58 bits per heavy atom. The van der Waals surface area contributed by atoms with E-state index in [4.69, 9.17) is 4.74 Å². The lowest BCUT2D eigenvalue weighted by molar-refractivity contribution is 0.102. The fourth-order valence-electron chi connectivity index (χ4n) is 2.22. The van der Waals surface area contributed by atoms with Gasteiger partial charge in [-0.25, -0.2) is 4.39 Å². The molecule has 0 aliphatic rings. The Hall–Kier alpha value is -3.14. The van der Waals surface area contributed by atoms with Crippen molar-refractivity contribution in [1.29, 1.82) is 0 Å². The van der Waals surface area contributed by atoms with E-state index < -0.39 is 0 Å². The molecule has 1 N–H and O–H groups in total. The normalized spacial score (nSPS) is 10.2. The summed E-state index contributed by atoms with van der Waals surface area (Å²) >= 11 is 0. The molecule has 0 spiro atoms. The molecule has 0 aliphatic heterocycles. The number of halogens is 1. The summed E-state index contributed by atoms with van der Waals surface area (Å²) in [4.78, 5) is 12.3. The predicted octanol–water partition coefficient (Wildman–Crippen LogP) is 5.18. The summed E-state index contributed by atoms with van der Waals surface area (Å²) in [5, 5.41) is 2.72. The van der Waals surface area contributed by atoms with Crippen molar-refractivity contribution < 1.29 is 13.9 Å². The van der Waals surface area contributed by atoms with E-state index in [1.165, 1.54) is 12.1 Å². The molecule has 0 saturated heterocycles. The largest absolute Gasteiger partial charge is 0.457 e. The van der Waals surface area contributed by atoms with Gasteiger partial charge in [0.1, 0.15) is 17.3 Å². The summed E-state index contributed by atoms with van der Waals surface area (Å²) in [6.07, 6.45) is 0. The van der Waals surface area contributed by atoms with Gasteiger partial charge in [0.05, 0.1) is 0 Å². The van der Waals surface area contributed by atoms with E-state index in [1.54, 1.807) is 30.3 Å². The third-order valence-electron chi connectivity index (χ3n) is 3.54. The van der Waals surface area contributed by atoms with Crippen LogP contribution < -0.4 is 10.1 Å². The van der Waals surface area contributed by atoms with Crippen LogP contribution in [0.4, 0.5) is 10.1 Å². The van der Waals surface area contributed by atoms with Gasteiger partial charge in [-0.3, -0.25) is 4.79 Å². The van der Waals surface area contributed by atoms with Gasteiger partial charge in [0.25, 0.3) is 5.91 Å². The molecule has 0 atom stereocenters. The zero-order chi connectivity index (χ0) is 16.9. The summed E-state index contributed by atoms with van der Waals surface area (Å²) in [6.45, 7) is 1.81. The molecule has 24 heavy (non-hydrogen) atoms. The number of anilines is 1. The number of ether oxygens (including phenoxy) is 1. The number of para-hydroxylation sites is 1. The van der Waals surface area contributed by atoms with Crippen LogP contribution in [0.2, 0.25) is 0 Å². The van der Waals surface area contributed by atoms with Gasteiger partial charge in [-0.1, -0.05) is 24.3 Å². The lowest BCUT2D eigenvalue weighted by Gasteiger charge is -2.09. The van der Waals surface area contributed by atoms with Crippen LogP contribution in [0.3, 0.4) is 0 Å². The number of nitrogens with one attached hydrogen (secondary N) is 1. The van der Waals surface area contributed by atoms with Crippen molar-refractivity contribution in [1.82, 2.24) is 0 Å². The van der Waals surface area contributed by atoms with E-state index in [9.17, 15) is 9.18 Å². The minimum atomic E-state index is -0.387. The van der Waals surface area contributed by atoms with Crippen LogP contribution in [0.25, 0.3) is 0 Å². The maximum atomic E-state index is 13.3. The average Bonchev–Trinajstić information content (AvgIpc) is 2.60. The number of carbonyl (C=O) groups excluding carboxylic acids is 1. The van der Waals surface area contributed by atoms with Crippen molar-refractivity contribution in [3.63, 3.8) is 0 Å². The zero-order valence-electron chi connectivity index (χ0n) is 13.1. The van der Waals surface area contributed by atoms with Gasteiger partial charge in [-0.15, -0.1) is 0 Å². The van der Waals surface area contributed by atoms with Gasteiger partial charge in [-0.05, 0) is 61.0 Å². The monoisotopic (exact) mass is 321 g/mol. The van der Waals surface area contributed by atoms with Crippen LogP contribution in [0.15, 0.2) is 72.8 Å². The Morgan fingerprint density at radius 1 is 0.917 bits per heavy atom. The van der Waals surface area contributed by atoms with Crippen molar-refractivity contribution in [2.75, 3.05) is 5.32 Å². The number of hydrogen-bond donors (Lipinski definition) is 1. The Labute approximate surface area is 139 Å². The van der Waals surface area contributed by atoms with Gasteiger partial charge < -0.3 is 10.1 Å². The molecular weight excluding hydrogens is 305 g/mol. The van der Waals surface area contributed by atoms with E-state index in [0.717, 1.165) is 11.3 Å². The fraction of sp³-hybridized carbons (Fsp3) is 0.0500. The molecule has 0 radical (unpaired) electrons. The summed E-state index contributed by atoms with van der Waals surface area (Å²) in [6, 6.07) is 20.5. The third-order valence-corrected chi connectivity index (χ3v) is 3.54. The third kappa shape index (κ3) is 3.79. The first-order valence-corrected chi connectivity index (χ1v) is 7.52. The van der Waals surface area contributed by atoms with E-state index >= 15 is 0 Å². The smallest absolute Gasteiger partial charge is 0.255 e. The molecule has 0 unspecified atom stereocenters. The highest BCUT2D eigenvalue weighted by Crippen LogP contribution is 2.22. The molecule has 120 valence electrons. The first-order chi connectivity index (χ1) is 11.6. The number of hydrogen-bond acceptors (Lipinski definition) is 2. The Balaban J connectivity index is 1.71. The van der Waals surface area contributed by atoms with Gasteiger partial charge in [0.2, 0.25) is 0 Å². The highest BCUT2D eigenvalue weighted by molar-refractivity contribution is 6.04. The number of aryl methyl sites for hydroxylation is 1. The molecule has 0 aliphatic carbocycles. The Kier molecular flexibility index (Phi) is 4.57. The lowest BCUT2D eigenvalue weighted by atomic mass is 10.1. The van der Waals surface area contributed by atoms with Crippen LogP contribution in [-0.2, 0) is 0 Å². The van der Waals surface area contributed by atoms with Gasteiger partial charge in [-0.2, -0.15) is 0 Å². The predicted molar refractivity (Wildman–Crippen MR) is 92.0 cm³/mol. The molecule has 4 heteroatoms. The van der Waals surface area contributed by atoms with Gasteiger partial charge >= 0.3 is 0 Å². The van der Waals surface area contributed by atoms with Crippen molar-refractivity contribution in [2.45, 2.75) is 6.92 Å². The maximum Gasteiger partial charge on any atom is 0.255 e. The van der Waals surface area contributed by atoms with E-state index in [2.05, 4.69) is 5.32 Å². The summed E-state index contributed by atoms with van der Waals surface area (Å²) < 4.78 is 19.0. The average molecular weight is 321 g/mol. The number of benzene rings is 3. The first-order valence-electron chi connectivity index (χ1n) is 7.52. The van der Waals surface area contributed by atoms with Gasteiger partial charge in [0, 0.05) is 11.3 Å². The second-order valence-electron chi connectivity index (χ2n) is 5.35. The van der Waals surface area contributed by atoms with Crippen LogP contribution >= 0.6 is 0 Å². The standard InChI is InChI=1S/C20H16FNO2/c1-14-7-10-16(21)13-19(14)22-20(23)15-8-11-18(12-9-15)24-17-5-3-2-4-6-17/h2-13H,1H3,(H,22,23). The number of rotatable bonds is 4. The Bertz CT molecular complexity index is 845. The van der Waals surface area contributed by atoms with E-state index in [0.29, 0.717) is 17.0 Å². The highest BCUT2D eigenvalue weighted by Gasteiger charge is 2.09. The molecule has 0 aromatic heterocycles. The molecular formula is C20H16FNO2. The fourth-order valence-corrected chi connectivity index (χ4v) is 2.22. The highest BCUT2D eigenvalue weighted by atomic mass is 19.1. The number of amides is 1. The molecule has 0 saturated carbocycles. The SMILES string of the molecule is Cc1ccc(F)cc1NC(=O)c1ccc(Oc2ccccc2)cc1. The summed E-state index contributed by atoms with van der Waals surface area (Å²) in [7, 11) is 0. The topological polar surface area (TPSA) is 38.3 Å². The Morgan fingerprint density at radius 3 is 2.29 bits per heavy atom. The maximum absolute atomic E-state index is 13.3. The molecule has 0 heterocycles. The summed E-state index contributed by atoms with van der Waals surface area (Å²) in [5.74, 6) is 0.683. The molecule has 1 amide bonds. The molecule has 0 fully saturated rings.